The van der Waals surface area contributed by atoms with Gasteiger partial charge in [-0.3, -0.25) is 9.79 Å². The largest absolute Gasteiger partial charge is 0.508 e. The van der Waals surface area contributed by atoms with Crippen molar-refractivity contribution in [3.8, 4) is 5.75 Å². The van der Waals surface area contributed by atoms with Gasteiger partial charge in [0.1, 0.15) is 11.8 Å². The molecule has 1 aliphatic rings. The van der Waals surface area contributed by atoms with Gasteiger partial charge in [-0.1, -0.05) is 60.7 Å². The Bertz CT molecular complexity index is 1310. The van der Waals surface area contributed by atoms with Crippen LogP contribution in [0.1, 0.15) is 16.7 Å². The zero-order valence-electron chi connectivity index (χ0n) is 17.2. The summed E-state index contributed by atoms with van der Waals surface area (Å²) >= 11 is 0. The second-order valence-corrected chi connectivity index (χ2v) is 7.84. The summed E-state index contributed by atoms with van der Waals surface area (Å²) in [5, 5.41) is 12.1. The van der Waals surface area contributed by atoms with E-state index in [2.05, 4.69) is 30.3 Å². The first-order chi connectivity index (χ1) is 15.1. The van der Waals surface area contributed by atoms with Gasteiger partial charge in [-0.05, 0) is 46.7 Å². The lowest BCUT2D eigenvalue weighted by Crippen LogP contribution is -2.36. The molecule has 5 rings (SSSR count). The molecule has 31 heavy (non-hydrogen) atoms. The Morgan fingerprint density at radius 1 is 0.871 bits per heavy atom. The van der Waals surface area contributed by atoms with Crippen molar-refractivity contribution >= 4 is 28.1 Å². The number of benzene rings is 4. The average Bonchev–Trinajstić information content (AvgIpc) is 2.90. The first kappa shape index (κ1) is 19.1. The standard InChI is InChI=1S/C27H22N2O2/c1-29-25-9-5-4-8-23(25)26(20-12-14-22(30)15-13-20)28-24(27(29)31)17-18-10-11-19-6-2-3-7-21(19)16-18/h2-16,24,30H,17H2,1H3. The molecule has 4 nitrogen and oxygen atoms in total. The zero-order chi connectivity index (χ0) is 21.4. The molecule has 1 unspecified atom stereocenters. The van der Waals surface area contributed by atoms with E-state index >= 15 is 0 Å². The summed E-state index contributed by atoms with van der Waals surface area (Å²) in [5.41, 5.74) is 4.45. The third kappa shape index (κ3) is 3.57. The molecule has 0 spiro atoms. The van der Waals surface area contributed by atoms with Crippen molar-refractivity contribution < 1.29 is 9.90 Å². The lowest BCUT2D eigenvalue weighted by molar-refractivity contribution is -0.119. The molecular formula is C27H22N2O2. The predicted octanol–water partition coefficient (Wildman–Crippen LogP) is 4.97. The van der Waals surface area contributed by atoms with Gasteiger partial charge in [0, 0.05) is 24.6 Å². The van der Waals surface area contributed by atoms with Gasteiger partial charge in [-0.2, -0.15) is 0 Å². The Labute approximate surface area is 181 Å². The maximum absolute atomic E-state index is 13.4. The van der Waals surface area contributed by atoms with E-state index < -0.39 is 6.04 Å². The van der Waals surface area contributed by atoms with Crippen molar-refractivity contribution in [2.24, 2.45) is 4.99 Å². The summed E-state index contributed by atoms with van der Waals surface area (Å²) < 4.78 is 0. The van der Waals surface area contributed by atoms with Crippen LogP contribution in [0, 0.1) is 0 Å². The molecule has 1 aliphatic heterocycles. The fourth-order valence-corrected chi connectivity index (χ4v) is 4.16. The van der Waals surface area contributed by atoms with Crippen LogP contribution in [0.25, 0.3) is 10.8 Å². The van der Waals surface area contributed by atoms with Crippen LogP contribution in [-0.2, 0) is 11.2 Å². The number of aliphatic imine (C=N–C) groups is 1. The summed E-state index contributed by atoms with van der Waals surface area (Å²) in [6.07, 6.45) is 0.517. The monoisotopic (exact) mass is 406 g/mol. The SMILES string of the molecule is CN1C(=O)C(Cc2ccc3ccccc3c2)N=C(c2ccc(O)cc2)c2ccccc21. The molecule has 4 aromatic carbocycles. The summed E-state index contributed by atoms with van der Waals surface area (Å²) in [7, 11) is 1.81. The summed E-state index contributed by atoms with van der Waals surface area (Å²) in [6, 6.07) is 28.8. The number of anilines is 1. The molecule has 152 valence electrons. The van der Waals surface area contributed by atoms with E-state index in [1.54, 1.807) is 17.0 Å². The van der Waals surface area contributed by atoms with Gasteiger partial charge in [0.2, 0.25) is 0 Å². The normalized spacial score (nSPS) is 16.0. The van der Waals surface area contributed by atoms with Crippen LogP contribution in [-0.4, -0.2) is 29.8 Å². The van der Waals surface area contributed by atoms with Gasteiger partial charge in [0.25, 0.3) is 5.91 Å². The zero-order valence-corrected chi connectivity index (χ0v) is 17.2. The Morgan fingerprint density at radius 3 is 2.39 bits per heavy atom. The summed E-state index contributed by atoms with van der Waals surface area (Å²) in [4.78, 5) is 20.1. The van der Waals surface area contributed by atoms with Crippen LogP contribution in [0.5, 0.6) is 5.75 Å². The van der Waals surface area contributed by atoms with Crippen LogP contribution in [0.3, 0.4) is 0 Å². The molecule has 1 heterocycles. The Hall–Kier alpha value is -3.92. The summed E-state index contributed by atoms with van der Waals surface area (Å²) in [5.74, 6) is 0.168. The van der Waals surface area contributed by atoms with Crippen LogP contribution >= 0.6 is 0 Å². The van der Waals surface area contributed by atoms with Gasteiger partial charge in [0.15, 0.2) is 0 Å². The number of benzodiazepines with no additional fused rings is 1. The first-order valence-electron chi connectivity index (χ1n) is 10.3. The highest BCUT2D eigenvalue weighted by Gasteiger charge is 2.30. The maximum Gasteiger partial charge on any atom is 0.251 e. The highest BCUT2D eigenvalue weighted by atomic mass is 16.3. The lowest BCUT2D eigenvalue weighted by atomic mass is 9.99. The van der Waals surface area contributed by atoms with Crippen molar-refractivity contribution in [1.82, 2.24) is 0 Å². The van der Waals surface area contributed by atoms with E-state index in [9.17, 15) is 9.90 Å². The van der Waals surface area contributed by atoms with Crippen molar-refractivity contribution in [1.29, 1.82) is 0 Å². The second kappa shape index (κ2) is 7.73. The number of carbonyl (C=O) groups excluding carboxylic acids is 1. The minimum Gasteiger partial charge on any atom is -0.508 e. The number of para-hydroxylation sites is 1. The van der Waals surface area contributed by atoms with Crippen molar-refractivity contribution in [3.63, 3.8) is 0 Å². The molecule has 0 radical (unpaired) electrons. The number of rotatable bonds is 3. The summed E-state index contributed by atoms with van der Waals surface area (Å²) in [6.45, 7) is 0. The molecule has 0 bridgehead atoms. The highest BCUT2D eigenvalue weighted by Crippen LogP contribution is 2.29. The number of hydrogen-bond acceptors (Lipinski definition) is 3. The van der Waals surface area contributed by atoms with Crippen LogP contribution < -0.4 is 4.90 Å². The number of likely N-dealkylation sites (N-methyl/N-ethyl adjacent to an activating group) is 1. The quantitative estimate of drug-likeness (QED) is 0.522. The number of carbonyl (C=O) groups is 1. The van der Waals surface area contributed by atoms with E-state index in [4.69, 9.17) is 4.99 Å². The maximum atomic E-state index is 13.4. The highest BCUT2D eigenvalue weighted by molar-refractivity contribution is 6.20. The van der Waals surface area contributed by atoms with Crippen molar-refractivity contribution in [2.45, 2.75) is 12.5 Å². The minimum absolute atomic E-state index is 0.0330. The Kier molecular flexibility index (Phi) is 4.75. The molecule has 4 heteroatoms. The topological polar surface area (TPSA) is 52.9 Å². The molecule has 1 N–H and O–H groups in total. The van der Waals surface area contributed by atoms with Gasteiger partial charge >= 0.3 is 0 Å². The van der Waals surface area contributed by atoms with Crippen molar-refractivity contribution in [3.05, 3.63) is 108 Å². The minimum atomic E-state index is -0.539. The van der Waals surface area contributed by atoms with E-state index in [1.807, 2.05) is 55.6 Å². The number of hydrogen-bond donors (Lipinski definition) is 1. The molecule has 1 atom stereocenters. The third-order valence-corrected chi connectivity index (χ3v) is 5.80. The van der Waals surface area contributed by atoms with Crippen LogP contribution in [0.15, 0.2) is 96.0 Å². The van der Waals surface area contributed by atoms with Gasteiger partial charge in [0.05, 0.1) is 11.4 Å². The molecule has 4 aromatic rings. The van der Waals surface area contributed by atoms with Crippen LogP contribution in [0.4, 0.5) is 5.69 Å². The smallest absolute Gasteiger partial charge is 0.251 e. The average molecular weight is 406 g/mol. The molecule has 0 aromatic heterocycles. The number of amides is 1. The number of aromatic hydroxyl groups is 1. The number of phenolic OH excluding ortho intramolecular Hbond substituents is 1. The van der Waals surface area contributed by atoms with Gasteiger partial charge in [-0.25, -0.2) is 0 Å². The Morgan fingerprint density at radius 2 is 1.58 bits per heavy atom. The number of phenols is 1. The Balaban J connectivity index is 1.61. The molecule has 0 saturated heterocycles. The lowest BCUT2D eigenvalue weighted by Gasteiger charge is -2.20. The van der Waals surface area contributed by atoms with E-state index in [1.165, 1.54) is 5.39 Å². The predicted molar refractivity (Wildman–Crippen MR) is 125 cm³/mol. The molecule has 0 fully saturated rings. The molecule has 0 aliphatic carbocycles. The second-order valence-electron chi connectivity index (χ2n) is 7.84. The van der Waals surface area contributed by atoms with E-state index in [-0.39, 0.29) is 11.7 Å². The number of fused-ring (bicyclic) bond motifs is 2. The van der Waals surface area contributed by atoms with Crippen LogP contribution in [0.2, 0.25) is 0 Å². The number of nitrogens with zero attached hydrogens (tertiary/aromatic N) is 2. The first-order valence-corrected chi connectivity index (χ1v) is 10.3. The van der Waals surface area contributed by atoms with Gasteiger partial charge in [-0.15, -0.1) is 0 Å². The molecule has 1 amide bonds. The fourth-order valence-electron chi connectivity index (χ4n) is 4.16. The molecule has 0 saturated carbocycles. The van der Waals surface area contributed by atoms with Gasteiger partial charge < -0.3 is 10.0 Å². The molecular weight excluding hydrogens is 384 g/mol. The third-order valence-electron chi connectivity index (χ3n) is 5.80. The fraction of sp³-hybridized carbons (Fsp3) is 0.111. The van der Waals surface area contributed by atoms with E-state index in [0.29, 0.717) is 6.42 Å². The van der Waals surface area contributed by atoms with Crippen molar-refractivity contribution in [2.75, 3.05) is 11.9 Å². The van der Waals surface area contributed by atoms with E-state index in [0.717, 1.165) is 33.5 Å².